The maximum atomic E-state index is 11.9. The van der Waals surface area contributed by atoms with E-state index in [1.54, 1.807) is 0 Å². The van der Waals surface area contributed by atoms with E-state index in [9.17, 15) is 13.2 Å². The van der Waals surface area contributed by atoms with Crippen molar-refractivity contribution < 1.29 is 17.9 Å². The summed E-state index contributed by atoms with van der Waals surface area (Å²) in [5.41, 5.74) is 0.825. The molecule has 124 valence electrons. The van der Waals surface area contributed by atoms with E-state index in [1.807, 2.05) is 36.1 Å². The summed E-state index contributed by atoms with van der Waals surface area (Å²) in [6.45, 7) is 3.89. The highest BCUT2D eigenvalue weighted by atomic mass is 32.2. The van der Waals surface area contributed by atoms with Gasteiger partial charge in [0.1, 0.15) is 5.75 Å². The predicted octanol–water partition coefficient (Wildman–Crippen LogP) is 1.71. The number of carbonyl (C=O) groups excluding carboxylic acids is 1. The summed E-state index contributed by atoms with van der Waals surface area (Å²) in [6.07, 6.45) is 0. The molecule has 1 aromatic rings. The molecule has 0 aliphatic carbocycles. The number of amidine groups is 1. The molecular formula is C15H18N2O4S2. The van der Waals surface area contributed by atoms with Crippen LogP contribution in [0.1, 0.15) is 13.8 Å². The van der Waals surface area contributed by atoms with Crippen molar-refractivity contribution in [3.63, 3.8) is 0 Å². The van der Waals surface area contributed by atoms with E-state index in [1.165, 1.54) is 18.7 Å². The van der Waals surface area contributed by atoms with Crippen molar-refractivity contribution in [2.24, 2.45) is 4.99 Å². The molecule has 2 saturated heterocycles. The van der Waals surface area contributed by atoms with Crippen molar-refractivity contribution in [3.8, 4) is 5.75 Å². The quantitative estimate of drug-likeness (QED) is 0.822. The number of fused-ring (bicyclic) bond motifs is 1. The first-order valence-corrected chi connectivity index (χ1v) is 10.1. The molecule has 1 aromatic carbocycles. The highest BCUT2D eigenvalue weighted by molar-refractivity contribution is 8.16. The van der Waals surface area contributed by atoms with Crippen molar-refractivity contribution in [2.45, 2.75) is 25.1 Å². The van der Waals surface area contributed by atoms with Gasteiger partial charge in [-0.25, -0.2) is 8.42 Å². The first kappa shape index (κ1) is 16.3. The maximum Gasteiger partial charge on any atom is 0.244 e. The van der Waals surface area contributed by atoms with Gasteiger partial charge in [-0.3, -0.25) is 4.79 Å². The number of anilines is 1. The summed E-state index contributed by atoms with van der Waals surface area (Å²) in [6, 6.07) is 7.24. The van der Waals surface area contributed by atoms with Crippen molar-refractivity contribution in [2.75, 3.05) is 23.0 Å². The van der Waals surface area contributed by atoms with Crippen LogP contribution in [0.3, 0.4) is 0 Å². The smallest absolute Gasteiger partial charge is 0.244 e. The minimum Gasteiger partial charge on any atom is -0.494 e. The molecule has 1 amide bonds. The Kier molecular flexibility index (Phi) is 4.37. The van der Waals surface area contributed by atoms with Gasteiger partial charge in [-0.2, -0.15) is 4.99 Å². The number of hydrogen-bond donors (Lipinski definition) is 0. The Morgan fingerprint density at radius 2 is 2.04 bits per heavy atom. The van der Waals surface area contributed by atoms with Crippen LogP contribution in [0.4, 0.5) is 5.69 Å². The van der Waals surface area contributed by atoms with E-state index in [4.69, 9.17) is 4.74 Å². The molecule has 6 nitrogen and oxygen atoms in total. The van der Waals surface area contributed by atoms with E-state index < -0.39 is 9.84 Å². The van der Waals surface area contributed by atoms with Gasteiger partial charge in [0.05, 0.1) is 24.2 Å². The SMILES string of the molecule is CCOc1ccc(N2C(=NC(C)=O)S[C@H]3CS(=O)(=O)C[C@@H]32)cc1. The van der Waals surface area contributed by atoms with Gasteiger partial charge in [0.25, 0.3) is 0 Å². The second kappa shape index (κ2) is 6.16. The van der Waals surface area contributed by atoms with Crippen LogP contribution in [-0.2, 0) is 14.6 Å². The number of hydrogen-bond acceptors (Lipinski definition) is 5. The van der Waals surface area contributed by atoms with Crippen molar-refractivity contribution in [1.82, 2.24) is 0 Å². The van der Waals surface area contributed by atoms with Crippen molar-refractivity contribution in [3.05, 3.63) is 24.3 Å². The maximum absolute atomic E-state index is 11.9. The van der Waals surface area contributed by atoms with E-state index in [0.29, 0.717) is 11.8 Å². The molecule has 23 heavy (non-hydrogen) atoms. The molecule has 2 aliphatic rings. The van der Waals surface area contributed by atoms with Crippen LogP contribution < -0.4 is 9.64 Å². The molecule has 0 spiro atoms. The summed E-state index contributed by atoms with van der Waals surface area (Å²) in [7, 11) is -3.04. The number of rotatable bonds is 3. The molecule has 2 atom stereocenters. The molecule has 0 aromatic heterocycles. The van der Waals surface area contributed by atoms with Crippen LogP contribution in [0.15, 0.2) is 29.3 Å². The van der Waals surface area contributed by atoms with Gasteiger partial charge < -0.3 is 9.64 Å². The molecule has 2 fully saturated rings. The lowest BCUT2D eigenvalue weighted by Gasteiger charge is -2.24. The number of benzene rings is 1. The van der Waals surface area contributed by atoms with E-state index in [-0.39, 0.29) is 28.7 Å². The second-order valence-electron chi connectivity index (χ2n) is 5.51. The molecule has 3 rings (SSSR count). The highest BCUT2D eigenvalue weighted by Crippen LogP contribution is 2.41. The third kappa shape index (κ3) is 3.37. The van der Waals surface area contributed by atoms with E-state index in [0.717, 1.165) is 11.4 Å². The fourth-order valence-corrected chi connectivity index (χ4v) is 6.83. The molecule has 0 radical (unpaired) electrons. The first-order valence-electron chi connectivity index (χ1n) is 7.38. The van der Waals surface area contributed by atoms with Crippen LogP contribution in [0.5, 0.6) is 5.75 Å². The Bertz CT molecular complexity index is 743. The summed E-state index contributed by atoms with van der Waals surface area (Å²) < 4.78 is 29.3. The zero-order chi connectivity index (χ0) is 16.6. The number of ether oxygens (including phenoxy) is 1. The van der Waals surface area contributed by atoms with Gasteiger partial charge in [-0.05, 0) is 31.2 Å². The summed E-state index contributed by atoms with van der Waals surface area (Å²) in [4.78, 5) is 17.3. The normalized spacial score (nSPS) is 27.2. The third-order valence-electron chi connectivity index (χ3n) is 3.75. The summed E-state index contributed by atoms with van der Waals surface area (Å²) >= 11 is 1.37. The fraction of sp³-hybridized carbons (Fsp3) is 0.467. The van der Waals surface area contributed by atoms with Gasteiger partial charge in [0, 0.05) is 17.9 Å². The van der Waals surface area contributed by atoms with Gasteiger partial charge in [0.15, 0.2) is 15.0 Å². The molecule has 0 saturated carbocycles. The Hall–Kier alpha value is -1.54. The first-order chi connectivity index (χ1) is 10.9. The molecule has 8 heteroatoms. The molecule has 0 N–H and O–H groups in total. The third-order valence-corrected chi connectivity index (χ3v) is 6.96. The molecular weight excluding hydrogens is 336 g/mol. The Balaban J connectivity index is 1.95. The zero-order valence-corrected chi connectivity index (χ0v) is 14.6. The van der Waals surface area contributed by atoms with Crippen LogP contribution in [0.25, 0.3) is 0 Å². The highest BCUT2D eigenvalue weighted by Gasteiger charge is 2.49. The van der Waals surface area contributed by atoms with Crippen molar-refractivity contribution in [1.29, 1.82) is 0 Å². The Morgan fingerprint density at radius 3 is 2.65 bits per heavy atom. The number of nitrogens with zero attached hydrogens (tertiary/aromatic N) is 2. The van der Waals surface area contributed by atoms with Gasteiger partial charge >= 0.3 is 0 Å². The average molecular weight is 354 g/mol. The number of sulfone groups is 1. The monoisotopic (exact) mass is 354 g/mol. The minimum absolute atomic E-state index is 0.0790. The fourth-order valence-electron chi connectivity index (χ4n) is 2.87. The minimum atomic E-state index is -3.04. The topological polar surface area (TPSA) is 76.0 Å². The molecule has 0 unspecified atom stereocenters. The Morgan fingerprint density at radius 1 is 1.35 bits per heavy atom. The van der Waals surface area contributed by atoms with Crippen molar-refractivity contribution >= 4 is 38.4 Å². The molecule has 2 aliphatic heterocycles. The average Bonchev–Trinajstić information content (AvgIpc) is 2.90. The molecule has 2 heterocycles. The van der Waals surface area contributed by atoms with E-state index >= 15 is 0 Å². The van der Waals surface area contributed by atoms with Gasteiger partial charge in [-0.1, -0.05) is 11.8 Å². The van der Waals surface area contributed by atoms with Crippen LogP contribution in [0, 0.1) is 0 Å². The summed E-state index contributed by atoms with van der Waals surface area (Å²) in [5, 5.41) is 0.497. The number of carbonyl (C=O) groups is 1. The zero-order valence-electron chi connectivity index (χ0n) is 12.9. The largest absolute Gasteiger partial charge is 0.494 e. The number of amides is 1. The lowest BCUT2D eigenvalue weighted by atomic mass is 10.2. The van der Waals surface area contributed by atoms with Crippen LogP contribution >= 0.6 is 11.8 Å². The summed E-state index contributed by atoms with van der Waals surface area (Å²) in [5.74, 6) is 0.691. The standard InChI is InChI=1S/C15H18N2O4S2/c1-3-21-12-6-4-11(5-7-12)17-13-8-23(19,20)9-14(13)22-15(17)16-10(2)18/h4-7,13-14H,3,8-9H2,1-2H3/t13-,14-/m0/s1. The number of aliphatic imine (C=N–C) groups is 1. The molecule has 0 bridgehead atoms. The number of thioether (sulfide) groups is 1. The van der Waals surface area contributed by atoms with Gasteiger partial charge in [0.2, 0.25) is 5.91 Å². The van der Waals surface area contributed by atoms with Gasteiger partial charge in [-0.15, -0.1) is 0 Å². The van der Waals surface area contributed by atoms with Crippen LogP contribution in [0.2, 0.25) is 0 Å². The lowest BCUT2D eigenvalue weighted by molar-refractivity contribution is -0.115. The second-order valence-corrected chi connectivity index (χ2v) is 8.87. The Labute approximate surface area is 139 Å². The van der Waals surface area contributed by atoms with Crippen LogP contribution in [-0.4, -0.2) is 48.9 Å². The predicted molar refractivity (Wildman–Crippen MR) is 92.0 cm³/mol. The van der Waals surface area contributed by atoms with E-state index in [2.05, 4.69) is 4.99 Å². The lowest BCUT2D eigenvalue weighted by Crippen LogP contribution is -2.37.